The highest BCUT2D eigenvalue weighted by atomic mass is 32.2. The van der Waals surface area contributed by atoms with E-state index in [9.17, 15) is 27.9 Å². The molecule has 0 aliphatic carbocycles. The van der Waals surface area contributed by atoms with Crippen LogP contribution in [0.5, 0.6) is 0 Å². The molecule has 0 spiro atoms. The number of nitrogens with two attached hydrogens (primary N) is 1. The number of benzene rings is 2. The molecule has 0 fully saturated rings. The van der Waals surface area contributed by atoms with Crippen LogP contribution in [0.15, 0.2) is 62.6 Å². The van der Waals surface area contributed by atoms with Gasteiger partial charge in [-0.2, -0.15) is 13.2 Å². The molecule has 1 heterocycles. The summed E-state index contributed by atoms with van der Waals surface area (Å²) in [6.07, 6.45) is -4.73. The van der Waals surface area contributed by atoms with Gasteiger partial charge in [-0.15, -0.1) is 11.8 Å². The summed E-state index contributed by atoms with van der Waals surface area (Å²) < 4.78 is 44.2. The number of aliphatic hydroxyl groups is 1. The first-order valence-electron chi connectivity index (χ1n) is 8.63. The van der Waals surface area contributed by atoms with Crippen LogP contribution in [0.1, 0.15) is 12.5 Å². The third-order valence-corrected chi connectivity index (χ3v) is 5.51. The van der Waals surface area contributed by atoms with Gasteiger partial charge >= 0.3 is 11.8 Å². The highest BCUT2D eigenvalue weighted by molar-refractivity contribution is 7.99. The van der Waals surface area contributed by atoms with Crippen LogP contribution < -0.4 is 16.7 Å². The molecule has 0 saturated heterocycles. The molecule has 4 N–H and O–H groups in total. The summed E-state index contributed by atoms with van der Waals surface area (Å²) in [6.45, 7) is 1.32. The van der Waals surface area contributed by atoms with E-state index in [0.717, 1.165) is 17.0 Å². The molecule has 3 rings (SSSR count). The first-order chi connectivity index (χ1) is 14.0. The highest BCUT2D eigenvalue weighted by Crippen LogP contribution is 2.34. The normalized spacial score (nSPS) is 13.8. The maximum absolute atomic E-state index is 13.1. The number of fused-ring (bicyclic) bond motifs is 1. The summed E-state index contributed by atoms with van der Waals surface area (Å²) in [5, 5.41) is 12.6. The van der Waals surface area contributed by atoms with Crippen molar-refractivity contribution in [3.05, 3.63) is 64.5 Å². The lowest BCUT2D eigenvalue weighted by atomic mass is 10.1. The number of alkyl halides is 3. The summed E-state index contributed by atoms with van der Waals surface area (Å²) in [5.74, 6) is -0.747. The van der Waals surface area contributed by atoms with Crippen LogP contribution in [-0.4, -0.2) is 22.4 Å². The Morgan fingerprint density at radius 2 is 1.83 bits per heavy atom. The average molecular weight is 438 g/mol. The van der Waals surface area contributed by atoms with E-state index in [1.54, 1.807) is 24.3 Å². The second kappa shape index (κ2) is 8.04. The summed E-state index contributed by atoms with van der Waals surface area (Å²) in [6, 6.07) is 10.7. The summed E-state index contributed by atoms with van der Waals surface area (Å²) >= 11 is 1.23. The Morgan fingerprint density at radius 1 is 1.17 bits per heavy atom. The fourth-order valence-electron chi connectivity index (χ4n) is 2.59. The van der Waals surface area contributed by atoms with Crippen molar-refractivity contribution in [1.29, 1.82) is 0 Å². The number of nitrogen functional groups attached to an aromatic ring is 1. The van der Waals surface area contributed by atoms with Crippen molar-refractivity contribution in [2.75, 3.05) is 16.8 Å². The standard InChI is InChI=1S/C20H17F3N2O4S/c1-19(28,10-30-13-5-2-11(24)3-6-13)18(27)25-12-4-7-14-15(20(21,22)23)9-17(26)29-16(14)8-12/h2-9,28H,10,24H2,1H3,(H,25,27)/t19-/m0/s1. The van der Waals surface area contributed by atoms with E-state index < -0.39 is 28.9 Å². The number of nitrogens with one attached hydrogen (secondary N) is 1. The molecule has 0 unspecified atom stereocenters. The van der Waals surface area contributed by atoms with E-state index in [2.05, 4.69) is 5.32 Å². The van der Waals surface area contributed by atoms with Gasteiger partial charge in [-0.3, -0.25) is 4.79 Å². The minimum Gasteiger partial charge on any atom is -0.423 e. The summed E-state index contributed by atoms with van der Waals surface area (Å²) in [7, 11) is 0. The topological polar surface area (TPSA) is 106 Å². The zero-order valence-electron chi connectivity index (χ0n) is 15.6. The summed E-state index contributed by atoms with van der Waals surface area (Å²) in [4.78, 5) is 24.7. The molecule has 0 saturated carbocycles. The van der Waals surface area contributed by atoms with Gasteiger partial charge in [-0.1, -0.05) is 0 Å². The molecule has 3 aromatic rings. The average Bonchev–Trinajstić information content (AvgIpc) is 2.66. The van der Waals surface area contributed by atoms with Gasteiger partial charge in [-0.05, 0) is 43.3 Å². The Morgan fingerprint density at radius 3 is 2.47 bits per heavy atom. The SMILES string of the molecule is C[C@](O)(CSc1ccc(N)cc1)C(=O)Nc1ccc2c(C(F)(F)F)cc(=O)oc2c1. The number of thioether (sulfide) groups is 1. The van der Waals surface area contributed by atoms with Gasteiger partial charge in [0.25, 0.3) is 5.91 Å². The monoisotopic (exact) mass is 438 g/mol. The predicted molar refractivity (Wildman–Crippen MR) is 108 cm³/mol. The molecule has 1 aromatic heterocycles. The highest BCUT2D eigenvalue weighted by Gasteiger charge is 2.34. The van der Waals surface area contributed by atoms with Crippen LogP contribution in [0, 0.1) is 0 Å². The number of carbonyl (C=O) groups is 1. The van der Waals surface area contributed by atoms with E-state index in [0.29, 0.717) is 11.8 Å². The van der Waals surface area contributed by atoms with Crippen molar-refractivity contribution >= 4 is 40.0 Å². The molecule has 1 atom stereocenters. The quantitative estimate of drug-likeness (QED) is 0.317. The zero-order valence-corrected chi connectivity index (χ0v) is 16.4. The Balaban J connectivity index is 1.78. The van der Waals surface area contributed by atoms with E-state index in [-0.39, 0.29) is 22.4 Å². The van der Waals surface area contributed by atoms with Gasteiger partial charge in [0.15, 0.2) is 0 Å². The smallest absolute Gasteiger partial charge is 0.417 e. The van der Waals surface area contributed by atoms with Gasteiger partial charge in [-0.25, -0.2) is 4.79 Å². The largest absolute Gasteiger partial charge is 0.423 e. The van der Waals surface area contributed by atoms with Crippen LogP contribution in [0.25, 0.3) is 11.0 Å². The van der Waals surface area contributed by atoms with Crippen molar-refractivity contribution in [2.45, 2.75) is 23.6 Å². The molecule has 0 bridgehead atoms. The third-order valence-electron chi connectivity index (χ3n) is 4.20. The van der Waals surface area contributed by atoms with Crippen LogP contribution in [0.3, 0.4) is 0 Å². The molecule has 0 aliphatic rings. The van der Waals surface area contributed by atoms with E-state index in [1.165, 1.54) is 24.8 Å². The lowest BCUT2D eigenvalue weighted by molar-refractivity contribution is -0.136. The number of carbonyl (C=O) groups excluding carboxylic acids is 1. The Kier molecular flexibility index (Phi) is 5.82. The van der Waals surface area contributed by atoms with Gasteiger partial charge in [0.2, 0.25) is 0 Å². The summed E-state index contributed by atoms with van der Waals surface area (Å²) in [5.41, 5.74) is 1.87. The molecule has 0 radical (unpaired) electrons. The van der Waals surface area contributed by atoms with Crippen molar-refractivity contribution in [3.8, 4) is 0 Å². The molecule has 6 nitrogen and oxygen atoms in total. The molecule has 158 valence electrons. The molecular weight excluding hydrogens is 421 g/mol. The first-order valence-corrected chi connectivity index (χ1v) is 9.61. The van der Waals surface area contributed by atoms with E-state index in [4.69, 9.17) is 10.2 Å². The van der Waals surface area contributed by atoms with Gasteiger partial charge < -0.3 is 20.6 Å². The second-order valence-electron chi connectivity index (χ2n) is 6.77. The van der Waals surface area contributed by atoms with Crippen LogP contribution in [0.4, 0.5) is 24.5 Å². The van der Waals surface area contributed by atoms with Gasteiger partial charge in [0.1, 0.15) is 11.2 Å². The second-order valence-corrected chi connectivity index (χ2v) is 7.82. The minimum absolute atomic E-state index is 0.0175. The van der Waals surface area contributed by atoms with Crippen molar-refractivity contribution in [3.63, 3.8) is 0 Å². The maximum atomic E-state index is 13.1. The van der Waals surface area contributed by atoms with Crippen molar-refractivity contribution < 1.29 is 27.5 Å². The van der Waals surface area contributed by atoms with Crippen molar-refractivity contribution in [1.82, 2.24) is 0 Å². The molecule has 2 aromatic carbocycles. The molecule has 0 aliphatic heterocycles. The fraction of sp³-hybridized carbons (Fsp3) is 0.200. The van der Waals surface area contributed by atoms with Gasteiger partial charge in [0.05, 0.1) is 5.56 Å². The lowest BCUT2D eigenvalue weighted by Crippen LogP contribution is -2.42. The zero-order chi connectivity index (χ0) is 22.1. The maximum Gasteiger partial charge on any atom is 0.417 e. The molecular formula is C20H17F3N2O4S. The van der Waals surface area contributed by atoms with Crippen LogP contribution in [-0.2, 0) is 11.0 Å². The fourth-order valence-corrected chi connectivity index (χ4v) is 3.50. The number of rotatable bonds is 5. The number of hydrogen-bond donors (Lipinski definition) is 3. The molecule has 1 amide bonds. The molecule has 10 heteroatoms. The lowest BCUT2D eigenvalue weighted by Gasteiger charge is -2.22. The van der Waals surface area contributed by atoms with E-state index in [1.807, 2.05) is 0 Å². The van der Waals surface area contributed by atoms with Gasteiger partial charge in [0, 0.05) is 39.5 Å². The first kappa shape index (κ1) is 21.7. The number of amides is 1. The van der Waals surface area contributed by atoms with Crippen molar-refractivity contribution in [2.24, 2.45) is 0 Å². The van der Waals surface area contributed by atoms with E-state index >= 15 is 0 Å². The molecule has 30 heavy (non-hydrogen) atoms. The Hall–Kier alpha value is -2.98. The van der Waals surface area contributed by atoms with Crippen LogP contribution >= 0.6 is 11.8 Å². The third kappa shape index (κ3) is 4.95. The number of anilines is 2. The minimum atomic E-state index is -4.73. The predicted octanol–water partition coefficient (Wildman–Crippen LogP) is 3.88. The number of hydrogen-bond acceptors (Lipinski definition) is 6. The number of halogens is 3. The van der Waals surface area contributed by atoms with Crippen LogP contribution in [0.2, 0.25) is 0 Å². The Bertz CT molecular complexity index is 1140. The Labute approximate surface area is 172 Å².